The normalized spacial score (nSPS) is 11.8. The van der Waals surface area contributed by atoms with Gasteiger partial charge >= 0.3 is 5.97 Å². The number of hydrogen-bond acceptors (Lipinski definition) is 4. The standard InChI is InChI=1S/C11H14N2O4/c14-5-3-9(11(16)17)13-10(15)6-8-2-1-4-12-7-8/h1-2,4,7,9,14H,3,5-6H2,(H,13,15)(H,16,17). The van der Waals surface area contributed by atoms with Gasteiger partial charge in [-0.1, -0.05) is 6.07 Å². The first-order chi connectivity index (χ1) is 8.13. The van der Waals surface area contributed by atoms with E-state index in [4.69, 9.17) is 10.2 Å². The summed E-state index contributed by atoms with van der Waals surface area (Å²) in [6.45, 7) is -0.288. The van der Waals surface area contributed by atoms with Gasteiger partial charge in [0.05, 0.1) is 6.42 Å². The van der Waals surface area contributed by atoms with Crippen molar-refractivity contribution in [1.29, 1.82) is 0 Å². The van der Waals surface area contributed by atoms with Crippen LogP contribution < -0.4 is 5.32 Å². The Kier molecular flexibility index (Phi) is 5.09. The Morgan fingerprint density at radius 2 is 2.24 bits per heavy atom. The summed E-state index contributed by atoms with van der Waals surface area (Å²) in [7, 11) is 0. The van der Waals surface area contributed by atoms with Crippen molar-refractivity contribution in [3.63, 3.8) is 0 Å². The number of carboxylic acid groups (broad SMARTS) is 1. The number of amides is 1. The van der Waals surface area contributed by atoms with Crippen LogP contribution in [-0.2, 0) is 16.0 Å². The number of aromatic nitrogens is 1. The average molecular weight is 238 g/mol. The number of aliphatic hydroxyl groups excluding tert-OH is 1. The highest BCUT2D eigenvalue weighted by Crippen LogP contribution is 1.98. The monoisotopic (exact) mass is 238 g/mol. The second kappa shape index (κ2) is 6.59. The minimum atomic E-state index is -1.15. The molecular weight excluding hydrogens is 224 g/mol. The molecule has 1 unspecified atom stereocenters. The first-order valence-corrected chi connectivity index (χ1v) is 5.15. The molecule has 6 heteroatoms. The number of carbonyl (C=O) groups excluding carboxylic acids is 1. The number of aliphatic hydroxyl groups is 1. The van der Waals surface area contributed by atoms with Gasteiger partial charge < -0.3 is 15.5 Å². The van der Waals surface area contributed by atoms with Crippen LogP contribution in [0.1, 0.15) is 12.0 Å². The number of carboxylic acids is 1. The number of nitrogens with one attached hydrogen (secondary N) is 1. The molecule has 1 rings (SSSR count). The van der Waals surface area contributed by atoms with Crippen LogP contribution in [-0.4, -0.2) is 39.7 Å². The zero-order chi connectivity index (χ0) is 12.7. The average Bonchev–Trinajstić information content (AvgIpc) is 2.29. The van der Waals surface area contributed by atoms with E-state index in [-0.39, 0.29) is 19.4 Å². The fraction of sp³-hybridized carbons (Fsp3) is 0.364. The third kappa shape index (κ3) is 4.60. The van der Waals surface area contributed by atoms with Crippen molar-refractivity contribution in [3.05, 3.63) is 30.1 Å². The number of carbonyl (C=O) groups is 2. The molecule has 1 aromatic heterocycles. The molecule has 0 spiro atoms. The van der Waals surface area contributed by atoms with Crippen LogP contribution in [0.3, 0.4) is 0 Å². The van der Waals surface area contributed by atoms with E-state index >= 15 is 0 Å². The van der Waals surface area contributed by atoms with E-state index in [2.05, 4.69) is 10.3 Å². The molecule has 0 aliphatic carbocycles. The van der Waals surface area contributed by atoms with E-state index < -0.39 is 17.9 Å². The van der Waals surface area contributed by atoms with Crippen molar-refractivity contribution >= 4 is 11.9 Å². The topological polar surface area (TPSA) is 99.5 Å². The number of aliphatic carboxylic acids is 1. The fourth-order valence-electron chi connectivity index (χ4n) is 1.32. The van der Waals surface area contributed by atoms with Gasteiger partial charge in [-0.3, -0.25) is 9.78 Å². The molecule has 1 heterocycles. The van der Waals surface area contributed by atoms with E-state index in [1.165, 1.54) is 0 Å². The largest absolute Gasteiger partial charge is 0.480 e. The molecule has 1 amide bonds. The zero-order valence-electron chi connectivity index (χ0n) is 9.17. The summed E-state index contributed by atoms with van der Waals surface area (Å²) < 4.78 is 0. The van der Waals surface area contributed by atoms with Crippen LogP contribution in [0.2, 0.25) is 0 Å². The summed E-state index contributed by atoms with van der Waals surface area (Å²) in [5.41, 5.74) is 0.707. The minimum Gasteiger partial charge on any atom is -0.480 e. The van der Waals surface area contributed by atoms with Crippen molar-refractivity contribution in [2.24, 2.45) is 0 Å². The van der Waals surface area contributed by atoms with Crippen LogP contribution >= 0.6 is 0 Å². The van der Waals surface area contributed by atoms with E-state index in [0.29, 0.717) is 5.56 Å². The molecule has 6 nitrogen and oxygen atoms in total. The first kappa shape index (κ1) is 13.1. The Morgan fingerprint density at radius 3 is 2.76 bits per heavy atom. The Morgan fingerprint density at radius 1 is 1.47 bits per heavy atom. The van der Waals surface area contributed by atoms with Crippen molar-refractivity contribution in [2.45, 2.75) is 18.9 Å². The molecule has 0 saturated heterocycles. The van der Waals surface area contributed by atoms with Crippen molar-refractivity contribution in [1.82, 2.24) is 10.3 Å². The lowest BCUT2D eigenvalue weighted by Gasteiger charge is -2.12. The maximum Gasteiger partial charge on any atom is 0.326 e. The summed E-state index contributed by atoms with van der Waals surface area (Å²) >= 11 is 0. The second-order valence-electron chi connectivity index (χ2n) is 3.51. The van der Waals surface area contributed by atoms with Crippen LogP contribution in [0.5, 0.6) is 0 Å². The maximum absolute atomic E-state index is 11.5. The molecule has 3 N–H and O–H groups in total. The molecule has 0 aliphatic rings. The zero-order valence-corrected chi connectivity index (χ0v) is 9.17. The van der Waals surface area contributed by atoms with Crippen LogP contribution in [0.4, 0.5) is 0 Å². The SMILES string of the molecule is O=C(Cc1cccnc1)NC(CCO)C(=O)O. The number of nitrogens with zero attached hydrogens (tertiary/aromatic N) is 1. The van der Waals surface area contributed by atoms with Gasteiger partial charge in [-0.25, -0.2) is 4.79 Å². The van der Waals surface area contributed by atoms with Crippen LogP contribution in [0, 0.1) is 0 Å². The quantitative estimate of drug-likeness (QED) is 0.625. The van der Waals surface area contributed by atoms with E-state index in [0.717, 1.165) is 0 Å². The summed E-state index contributed by atoms with van der Waals surface area (Å²) in [4.78, 5) is 26.1. The molecule has 0 bridgehead atoms. The second-order valence-corrected chi connectivity index (χ2v) is 3.51. The van der Waals surface area contributed by atoms with Gasteiger partial charge in [0.25, 0.3) is 0 Å². The molecule has 1 atom stereocenters. The Hall–Kier alpha value is -1.95. The van der Waals surface area contributed by atoms with Crippen molar-refractivity contribution in [2.75, 3.05) is 6.61 Å². The third-order valence-corrected chi connectivity index (χ3v) is 2.14. The summed E-state index contributed by atoms with van der Waals surface area (Å²) in [5, 5.41) is 19.8. The third-order valence-electron chi connectivity index (χ3n) is 2.14. The predicted octanol–water partition coefficient (Wildman–Crippen LogP) is -0.424. The molecule has 0 fully saturated rings. The van der Waals surface area contributed by atoms with Gasteiger partial charge in [0.1, 0.15) is 6.04 Å². The van der Waals surface area contributed by atoms with E-state index in [1.807, 2.05) is 0 Å². The van der Waals surface area contributed by atoms with E-state index in [9.17, 15) is 9.59 Å². The van der Waals surface area contributed by atoms with Crippen LogP contribution in [0.25, 0.3) is 0 Å². The molecule has 0 aromatic carbocycles. The number of hydrogen-bond donors (Lipinski definition) is 3. The number of pyridine rings is 1. The highest BCUT2D eigenvalue weighted by molar-refractivity contribution is 5.84. The maximum atomic E-state index is 11.5. The van der Waals surface area contributed by atoms with Gasteiger partial charge in [-0.05, 0) is 11.6 Å². The van der Waals surface area contributed by atoms with Crippen molar-refractivity contribution < 1.29 is 19.8 Å². The highest BCUT2D eigenvalue weighted by Gasteiger charge is 2.18. The smallest absolute Gasteiger partial charge is 0.326 e. The summed E-state index contributed by atoms with van der Waals surface area (Å²) in [6.07, 6.45) is 3.20. The van der Waals surface area contributed by atoms with Gasteiger partial charge in [-0.2, -0.15) is 0 Å². The molecule has 0 aliphatic heterocycles. The predicted molar refractivity (Wildman–Crippen MR) is 59.2 cm³/mol. The lowest BCUT2D eigenvalue weighted by molar-refractivity contribution is -0.142. The van der Waals surface area contributed by atoms with Gasteiger partial charge in [0, 0.05) is 25.4 Å². The van der Waals surface area contributed by atoms with Gasteiger partial charge in [-0.15, -0.1) is 0 Å². The van der Waals surface area contributed by atoms with Gasteiger partial charge in [0.15, 0.2) is 0 Å². The lowest BCUT2D eigenvalue weighted by Crippen LogP contribution is -2.42. The Bertz CT molecular complexity index is 380. The first-order valence-electron chi connectivity index (χ1n) is 5.15. The Labute approximate surface area is 98.3 Å². The van der Waals surface area contributed by atoms with E-state index in [1.54, 1.807) is 24.5 Å². The molecule has 0 radical (unpaired) electrons. The van der Waals surface area contributed by atoms with Crippen molar-refractivity contribution in [3.8, 4) is 0 Å². The molecule has 0 saturated carbocycles. The Balaban J connectivity index is 2.51. The highest BCUT2D eigenvalue weighted by atomic mass is 16.4. The molecule has 92 valence electrons. The number of rotatable bonds is 6. The minimum absolute atomic E-state index is 0.00584. The molecule has 17 heavy (non-hydrogen) atoms. The lowest BCUT2D eigenvalue weighted by atomic mass is 10.1. The van der Waals surface area contributed by atoms with Gasteiger partial charge in [0.2, 0.25) is 5.91 Å². The summed E-state index contributed by atoms with van der Waals surface area (Å²) in [6, 6.07) is 2.38. The molecule has 1 aromatic rings. The van der Waals surface area contributed by atoms with Crippen LogP contribution in [0.15, 0.2) is 24.5 Å². The molecular formula is C11H14N2O4. The summed E-state index contributed by atoms with van der Waals surface area (Å²) in [5.74, 6) is -1.56. The fourth-order valence-corrected chi connectivity index (χ4v) is 1.32.